The molecule has 1 aliphatic heterocycles. The summed E-state index contributed by atoms with van der Waals surface area (Å²) in [5, 5.41) is 6.07. The van der Waals surface area contributed by atoms with Gasteiger partial charge in [-0.15, -0.1) is 11.3 Å². The summed E-state index contributed by atoms with van der Waals surface area (Å²) in [6, 6.07) is 15.5. The van der Waals surface area contributed by atoms with Crippen molar-refractivity contribution in [3.63, 3.8) is 0 Å². The molecule has 0 saturated carbocycles. The molecule has 1 amide bonds. The second-order valence-electron chi connectivity index (χ2n) is 7.49. The van der Waals surface area contributed by atoms with Crippen LogP contribution in [0.15, 0.2) is 53.9 Å². The van der Waals surface area contributed by atoms with Gasteiger partial charge in [-0.2, -0.15) is 0 Å². The van der Waals surface area contributed by atoms with Gasteiger partial charge in [0.1, 0.15) is 11.5 Å². The molecule has 7 nitrogen and oxygen atoms in total. The van der Waals surface area contributed by atoms with Crippen molar-refractivity contribution >= 4 is 28.1 Å². The highest BCUT2D eigenvalue weighted by molar-refractivity contribution is 7.14. The molecule has 0 unspecified atom stereocenters. The van der Waals surface area contributed by atoms with Gasteiger partial charge < -0.3 is 19.7 Å². The number of piperazine rings is 1. The minimum Gasteiger partial charge on any atom is -0.497 e. The van der Waals surface area contributed by atoms with E-state index in [1.54, 1.807) is 18.4 Å². The smallest absolute Gasteiger partial charge is 0.238 e. The summed E-state index contributed by atoms with van der Waals surface area (Å²) >= 11 is 1.65. The first-order chi connectivity index (χ1) is 15.7. The number of thiazole rings is 1. The molecule has 0 bridgehead atoms. The number of nitrogens with one attached hydrogen (secondary N) is 1. The Morgan fingerprint density at radius 1 is 1.12 bits per heavy atom. The maximum Gasteiger partial charge on any atom is 0.238 e. The third-order valence-electron chi connectivity index (χ3n) is 5.33. The van der Waals surface area contributed by atoms with Gasteiger partial charge in [0.05, 0.1) is 31.6 Å². The number of para-hydroxylation sites is 2. The maximum absolute atomic E-state index is 12.6. The number of carbonyl (C=O) groups excluding carboxylic acids is 1. The van der Waals surface area contributed by atoms with Crippen LogP contribution in [0, 0.1) is 0 Å². The van der Waals surface area contributed by atoms with E-state index in [1.165, 1.54) is 0 Å². The molecule has 0 atom stereocenters. The van der Waals surface area contributed by atoms with Crippen molar-refractivity contribution in [2.45, 2.75) is 6.92 Å². The predicted molar refractivity (Wildman–Crippen MR) is 129 cm³/mol. The lowest BCUT2D eigenvalue weighted by molar-refractivity contribution is -0.117. The number of ether oxygens (including phenoxy) is 2. The highest BCUT2D eigenvalue weighted by atomic mass is 32.1. The van der Waals surface area contributed by atoms with E-state index in [1.807, 2.05) is 55.5 Å². The third-order valence-corrected chi connectivity index (χ3v) is 6.23. The molecule has 32 heavy (non-hydrogen) atoms. The Balaban J connectivity index is 1.30. The molecule has 0 radical (unpaired) electrons. The number of benzene rings is 2. The zero-order valence-corrected chi connectivity index (χ0v) is 19.2. The minimum absolute atomic E-state index is 0.0276. The SMILES string of the molecule is CCOc1ccccc1NC(=O)CN1CCN(c2nc(-c3cccc(OC)c3)cs2)CC1. The Morgan fingerprint density at radius 3 is 2.72 bits per heavy atom. The van der Waals surface area contributed by atoms with Gasteiger partial charge in [-0.1, -0.05) is 24.3 Å². The maximum atomic E-state index is 12.6. The van der Waals surface area contributed by atoms with Gasteiger partial charge in [0.25, 0.3) is 0 Å². The molecule has 1 fully saturated rings. The second-order valence-corrected chi connectivity index (χ2v) is 8.32. The molecule has 1 aromatic heterocycles. The molecular weight excluding hydrogens is 424 g/mol. The normalized spacial score (nSPS) is 14.2. The summed E-state index contributed by atoms with van der Waals surface area (Å²) < 4.78 is 10.9. The Hall–Kier alpha value is -3.10. The Labute approximate surface area is 192 Å². The van der Waals surface area contributed by atoms with E-state index in [9.17, 15) is 4.79 Å². The van der Waals surface area contributed by atoms with E-state index in [2.05, 4.69) is 20.5 Å². The van der Waals surface area contributed by atoms with Crippen LogP contribution >= 0.6 is 11.3 Å². The van der Waals surface area contributed by atoms with Crippen molar-refractivity contribution in [3.05, 3.63) is 53.9 Å². The summed E-state index contributed by atoms with van der Waals surface area (Å²) in [7, 11) is 1.67. The summed E-state index contributed by atoms with van der Waals surface area (Å²) in [6.07, 6.45) is 0. The van der Waals surface area contributed by atoms with Crippen molar-refractivity contribution in [3.8, 4) is 22.8 Å². The molecule has 4 rings (SSSR count). The number of amides is 1. The van der Waals surface area contributed by atoms with Crippen molar-refractivity contribution in [1.29, 1.82) is 0 Å². The predicted octanol–water partition coefficient (Wildman–Crippen LogP) is 3.98. The molecule has 3 aromatic rings. The fourth-order valence-electron chi connectivity index (χ4n) is 3.67. The van der Waals surface area contributed by atoms with Gasteiger partial charge in [-0.05, 0) is 31.2 Å². The number of carbonyl (C=O) groups is 1. The van der Waals surface area contributed by atoms with Gasteiger partial charge in [-0.25, -0.2) is 4.98 Å². The zero-order valence-electron chi connectivity index (χ0n) is 18.4. The van der Waals surface area contributed by atoms with Crippen LogP contribution in [-0.4, -0.2) is 62.2 Å². The van der Waals surface area contributed by atoms with Crippen molar-refractivity contribution in [2.75, 3.05) is 56.7 Å². The van der Waals surface area contributed by atoms with Crippen molar-refractivity contribution in [1.82, 2.24) is 9.88 Å². The third kappa shape index (κ3) is 5.38. The number of aromatic nitrogens is 1. The summed E-state index contributed by atoms with van der Waals surface area (Å²) in [6.45, 7) is 6.16. The molecule has 2 aromatic carbocycles. The summed E-state index contributed by atoms with van der Waals surface area (Å²) in [5.41, 5.74) is 2.72. The van der Waals surface area contributed by atoms with Crippen LogP contribution in [0.25, 0.3) is 11.3 Å². The van der Waals surface area contributed by atoms with Crippen molar-refractivity contribution < 1.29 is 14.3 Å². The van der Waals surface area contributed by atoms with Gasteiger partial charge in [0.2, 0.25) is 5.91 Å². The number of methoxy groups -OCH3 is 1. The first-order valence-corrected chi connectivity index (χ1v) is 11.6. The quantitative estimate of drug-likeness (QED) is 0.558. The van der Waals surface area contributed by atoms with Crippen molar-refractivity contribution in [2.24, 2.45) is 0 Å². The van der Waals surface area contributed by atoms with E-state index in [-0.39, 0.29) is 5.91 Å². The monoisotopic (exact) mass is 452 g/mol. The van der Waals surface area contributed by atoms with Crippen LogP contribution in [0.3, 0.4) is 0 Å². The molecule has 8 heteroatoms. The van der Waals surface area contributed by atoms with Gasteiger partial charge >= 0.3 is 0 Å². The Bertz CT molecular complexity index is 1050. The highest BCUT2D eigenvalue weighted by Crippen LogP contribution is 2.30. The number of rotatable bonds is 8. The van der Waals surface area contributed by atoms with E-state index in [0.717, 1.165) is 48.3 Å². The van der Waals surface area contributed by atoms with Crippen LogP contribution in [0.4, 0.5) is 10.8 Å². The molecule has 168 valence electrons. The van der Waals surface area contributed by atoms with E-state index < -0.39 is 0 Å². The zero-order chi connectivity index (χ0) is 22.3. The van der Waals surface area contributed by atoms with Gasteiger partial charge in [0, 0.05) is 37.1 Å². The van der Waals surface area contributed by atoms with Crippen LogP contribution in [-0.2, 0) is 4.79 Å². The van der Waals surface area contributed by atoms with Crippen LogP contribution < -0.4 is 19.7 Å². The highest BCUT2D eigenvalue weighted by Gasteiger charge is 2.21. The Kier molecular flexibility index (Phi) is 7.24. The van der Waals surface area contributed by atoms with E-state index >= 15 is 0 Å². The molecule has 1 aliphatic rings. The van der Waals surface area contributed by atoms with Crippen LogP contribution in [0.2, 0.25) is 0 Å². The summed E-state index contributed by atoms with van der Waals surface area (Å²) in [4.78, 5) is 21.8. The first-order valence-electron chi connectivity index (χ1n) is 10.7. The lowest BCUT2D eigenvalue weighted by Crippen LogP contribution is -2.48. The molecule has 1 saturated heterocycles. The average Bonchev–Trinajstić information content (AvgIpc) is 3.31. The topological polar surface area (TPSA) is 66.9 Å². The minimum atomic E-state index is -0.0276. The Morgan fingerprint density at radius 2 is 1.94 bits per heavy atom. The molecule has 2 heterocycles. The van der Waals surface area contributed by atoms with Gasteiger partial charge in [-0.3, -0.25) is 9.69 Å². The lowest BCUT2D eigenvalue weighted by atomic mass is 10.2. The molecule has 0 spiro atoms. The number of anilines is 2. The fourth-order valence-corrected chi connectivity index (χ4v) is 4.55. The molecule has 0 aliphatic carbocycles. The van der Waals surface area contributed by atoms with Gasteiger partial charge in [0.15, 0.2) is 5.13 Å². The second kappa shape index (κ2) is 10.5. The molecule has 1 N–H and O–H groups in total. The fraction of sp³-hybridized carbons (Fsp3) is 0.333. The van der Waals surface area contributed by atoms with Crippen LogP contribution in [0.1, 0.15) is 6.92 Å². The average molecular weight is 453 g/mol. The first kappa shape index (κ1) is 22.1. The molecular formula is C24H28N4O3S. The number of hydrogen-bond acceptors (Lipinski definition) is 7. The standard InChI is InChI=1S/C24H28N4O3S/c1-3-31-22-10-5-4-9-20(22)25-23(29)16-27-11-13-28(14-12-27)24-26-21(17-32-24)18-7-6-8-19(15-18)30-2/h4-10,15,17H,3,11-14,16H2,1-2H3,(H,25,29). The lowest BCUT2D eigenvalue weighted by Gasteiger charge is -2.34. The van der Waals surface area contributed by atoms with E-state index in [4.69, 9.17) is 14.5 Å². The van der Waals surface area contributed by atoms with Crippen LogP contribution in [0.5, 0.6) is 11.5 Å². The summed E-state index contributed by atoms with van der Waals surface area (Å²) in [5.74, 6) is 1.50. The number of nitrogens with zero attached hydrogens (tertiary/aromatic N) is 3. The number of hydrogen-bond donors (Lipinski definition) is 1. The largest absolute Gasteiger partial charge is 0.497 e. The van der Waals surface area contributed by atoms with E-state index in [0.29, 0.717) is 24.6 Å².